The van der Waals surface area contributed by atoms with E-state index < -0.39 is 0 Å². The second kappa shape index (κ2) is 5.64. The maximum absolute atomic E-state index is 3.76. The lowest BCUT2D eigenvalue weighted by atomic mass is 9.96. The average molecular weight is 183 g/mol. The molecular weight excluding hydrogens is 158 g/mol. The Labute approximate surface area is 83.3 Å². The Hall–Kier alpha value is -0.0400. The molecule has 0 aromatic heterocycles. The molecule has 0 aromatic carbocycles. The zero-order chi connectivity index (χ0) is 9.68. The van der Waals surface area contributed by atoms with Crippen LogP contribution in [0.1, 0.15) is 59.3 Å². The predicted octanol–water partition coefficient (Wildman–Crippen LogP) is 3.34. The summed E-state index contributed by atoms with van der Waals surface area (Å²) in [4.78, 5) is 0. The van der Waals surface area contributed by atoms with Crippen molar-refractivity contribution < 1.29 is 0 Å². The van der Waals surface area contributed by atoms with Crippen LogP contribution in [0.25, 0.3) is 0 Å². The molecule has 0 aromatic rings. The van der Waals surface area contributed by atoms with Gasteiger partial charge in [-0.15, -0.1) is 0 Å². The lowest BCUT2D eigenvalue weighted by molar-refractivity contribution is 0.324. The van der Waals surface area contributed by atoms with Crippen molar-refractivity contribution in [1.29, 1.82) is 0 Å². The van der Waals surface area contributed by atoms with Crippen LogP contribution in [-0.2, 0) is 0 Å². The molecule has 1 rings (SSSR count). The Bertz CT molecular complexity index is 133. The van der Waals surface area contributed by atoms with Gasteiger partial charge < -0.3 is 5.32 Å². The Balaban J connectivity index is 2.35. The van der Waals surface area contributed by atoms with Crippen LogP contribution in [-0.4, -0.2) is 12.1 Å². The lowest BCUT2D eigenvalue weighted by Gasteiger charge is -2.26. The van der Waals surface area contributed by atoms with E-state index in [1.54, 1.807) is 0 Å². The topological polar surface area (TPSA) is 12.0 Å². The summed E-state index contributed by atoms with van der Waals surface area (Å²) in [6.45, 7) is 6.97. The smallest absolute Gasteiger partial charge is 0.00951 e. The van der Waals surface area contributed by atoms with Crippen LogP contribution in [0.2, 0.25) is 0 Å². The first-order valence-corrected chi connectivity index (χ1v) is 6.00. The molecule has 1 N–H and O–H groups in total. The van der Waals surface area contributed by atoms with Crippen LogP contribution in [0.4, 0.5) is 0 Å². The zero-order valence-electron chi connectivity index (χ0n) is 9.47. The highest BCUT2D eigenvalue weighted by molar-refractivity contribution is 4.78. The largest absolute Gasteiger partial charge is 0.311 e. The van der Waals surface area contributed by atoms with Gasteiger partial charge in [0.25, 0.3) is 0 Å². The molecule has 0 saturated heterocycles. The quantitative estimate of drug-likeness (QED) is 0.662. The van der Waals surface area contributed by atoms with Gasteiger partial charge in [0.2, 0.25) is 0 Å². The molecular formula is C12H25N. The lowest BCUT2D eigenvalue weighted by Crippen LogP contribution is -2.39. The van der Waals surface area contributed by atoms with Crippen LogP contribution in [0.3, 0.4) is 0 Å². The van der Waals surface area contributed by atoms with Crippen molar-refractivity contribution in [3.63, 3.8) is 0 Å². The van der Waals surface area contributed by atoms with E-state index in [2.05, 4.69) is 26.1 Å². The van der Waals surface area contributed by atoms with Gasteiger partial charge >= 0.3 is 0 Å². The first-order chi connectivity index (χ1) is 6.24. The van der Waals surface area contributed by atoms with Crippen molar-refractivity contribution in [2.75, 3.05) is 0 Å². The third-order valence-electron chi connectivity index (χ3n) is 3.47. The second-order valence-electron chi connectivity index (χ2n) is 4.70. The monoisotopic (exact) mass is 183 g/mol. The third kappa shape index (κ3) is 3.68. The van der Waals surface area contributed by atoms with Crippen molar-refractivity contribution in [2.24, 2.45) is 5.92 Å². The van der Waals surface area contributed by atoms with Crippen LogP contribution in [0, 0.1) is 5.92 Å². The normalized spacial score (nSPS) is 32.5. The minimum Gasteiger partial charge on any atom is -0.311 e. The van der Waals surface area contributed by atoms with Gasteiger partial charge in [-0.25, -0.2) is 0 Å². The Morgan fingerprint density at radius 1 is 1.23 bits per heavy atom. The number of rotatable bonds is 3. The molecule has 0 aliphatic heterocycles. The van der Waals surface area contributed by atoms with Crippen LogP contribution < -0.4 is 5.32 Å². The van der Waals surface area contributed by atoms with Crippen molar-refractivity contribution in [2.45, 2.75) is 71.4 Å². The SMILES string of the molecule is CCC(C)NC1CCCCCC1C. The molecule has 0 bridgehead atoms. The van der Waals surface area contributed by atoms with Crippen molar-refractivity contribution >= 4 is 0 Å². The molecule has 0 radical (unpaired) electrons. The van der Waals surface area contributed by atoms with Gasteiger partial charge in [0, 0.05) is 12.1 Å². The second-order valence-corrected chi connectivity index (χ2v) is 4.70. The summed E-state index contributed by atoms with van der Waals surface area (Å²) in [5.41, 5.74) is 0. The summed E-state index contributed by atoms with van der Waals surface area (Å²) in [5.74, 6) is 0.886. The average Bonchev–Trinajstić information content (AvgIpc) is 2.32. The first-order valence-electron chi connectivity index (χ1n) is 6.00. The highest BCUT2D eigenvalue weighted by Gasteiger charge is 2.20. The molecule has 1 nitrogen and oxygen atoms in total. The van der Waals surface area contributed by atoms with Gasteiger partial charge in [0.05, 0.1) is 0 Å². The predicted molar refractivity (Wildman–Crippen MR) is 58.9 cm³/mol. The van der Waals surface area contributed by atoms with Gasteiger partial charge in [-0.3, -0.25) is 0 Å². The molecule has 3 atom stereocenters. The number of hydrogen-bond acceptors (Lipinski definition) is 1. The summed E-state index contributed by atoms with van der Waals surface area (Å²) in [6.07, 6.45) is 8.39. The standard InChI is InChI=1S/C12H25N/c1-4-11(3)13-12-9-7-5-6-8-10(12)2/h10-13H,4-9H2,1-3H3. The van der Waals surface area contributed by atoms with E-state index in [0.29, 0.717) is 6.04 Å². The third-order valence-corrected chi connectivity index (χ3v) is 3.47. The van der Waals surface area contributed by atoms with Gasteiger partial charge in [0.1, 0.15) is 0 Å². The van der Waals surface area contributed by atoms with E-state index in [1.807, 2.05) is 0 Å². The van der Waals surface area contributed by atoms with Crippen LogP contribution in [0.15, 0.2) is 0 Å². The van der Waals surface area contributed by atoms with Gasteiger partial charge in [-0.1, -0.05) is 33.1 Å². The molecule has 1 aliphatic carbocycles. The van der Waals surface area contributed by atoms with Gasteiger partial charge in [0.15, 0.2) is 0 Å². The number of hydrogen-bond donors (Lipinski definition) is 1. The Morgan fingerprint density at radius 3 is 2.62 bits per heavy atom. The summed E-state index contributed by atoms with van der Waals surface area (Å²) >= 11 is 0. The maximum atomic E-state index is 3.76. The summed E-state index contributed by atoms with van der Waals surface area (Å²) in [5, 5.41) is 3.76. The maximum Gasteiger partial charge on any atom is 0.00951 e. The highest BCUT2D eigenvalue weighted by Crippen LogP contribution is 2.23. The molecule has 0 spiro atoms. The van der Waals surface area contributed by atoms with E-state index in [4.69, 9.17) is 0 Å². The molecule has 1 aliphatic rings. The van der Waals surface area contributed by atoms with E-state index in [1.165, 1.54) is 38.5 Å². The van der Waals surface area contributed by atoms with Gasteiger partial charge in [-0.05, 0) is 32.1 Å². The minimum atomic E-state index is 0.700. The summed E-state index contributed by atoms with van der Waals surface area (Å²) in [6, 6.07) is 1.49. The molecule has 13 heavy (non-hydrogen) atoms. The fourth-order valence-corrected chi connectivity index (χ4v) is 2.22. The molecule has 0 heterocycles. The Kier molecular flexibility index (Phi) is 4.79. The highest BCUT2D eigenvalue weighted by atomic mass is 14.9. The van der Waals surface area contributed by atoms with Crippen LogP contribution in [0.5, 0.6) is 0 Å². The van der Waals surface area contributed by atoms with E-state index in [0.717, 1.165) is 12.0 Å². The molecule has 1 fully saturated rings. The Morgan fingerprint density at radius 2 is 1.92 bits per heavy atom. The molecule has 1 heteroatoms. The molecule has 0 amide bonds. The summed E-state index contributed by atoms with van der Waals surface area (Å²) < 4.78 is 0. The first kappa shape index (κ1) is 11.0. The van der Waals surface area contributed by atoms with E-state index in [9.17, 15) is 0 Å². The fourth-order valence-electron chi connectivity index (χ4n) is 2.22. The fraction of sp³-hybridized carbons (Fsp3) is 1.00. The van der Waals surface area contributed by atoms with Crippen molar-refractivity contribution in [1.82, 2.24) is 5.32 Å². The van der Waals surface area contributed by atoms with Crippen molar-refractivity contribution in [3.8, 4) is 0 Å². The van der Waals surface area contributed by atoms with E-state index >= 15 is 0 Å². The summed E-state index contributed by atoms with van der Waals surface area (Å²) in [7, 11) is 0. The zero-order valence-corrected chi connectivity index (χ0v) is 9.47. The molecule has 3 unspecified atom stereocenters. The van der Waals surface area contributed by atoms with Gasteiger partial charge in [-0.2, -0.15) is 0 Å². The van der Waals surface area contributed by atoms with Crippen LogP contribution >= 0.6 is 0 Å². The van der Waals surface area contributed by atoms with Crippen molar-refractivity contribution in [3.05, 3.63) is 0 Å². The number of nitrogens with one attached hydrogen (secondary N) is 1. The molecule has 1 saturated carbocycles. The van der Waals surface area contributed by atoms with E-state index in [-0.39, 0.29) is 0 Å². The minimum absolute atomic E-state index is 0.700. The molecule has 78 valence electrons.